The van der Waals surface area contributed by atoms with Gasteiger partial charge in [-0.3, -0.25) is 0 Å². The van der Waals surface area contributed by atoms with Crippen LogP contribution < -0.4 is 5.32 Å². The lowest BCUT2D eigenvalue weighted by Crippen LogP contribution is -2.13. The van der Waals surface area contributed by atoms with Gasteiger partial charge < -0.3 is 5.32 Å². The van der Waals surface area contributed by atoms with E-state index in [-0.39, 0.29) is 0 Å². The minimum atomic E-state index is 0.947. The molecule has 0 bridgehead atoms. The molecule has 0 aliphatic carbocycles. The van der Waals surface area contributed by atoms with Crippen LogP contribution in [-0.2, 0) is 6.54 Å². The van der Waals surface area contributed by atoms with Gasteiger partial charge in [0.1, 0.15) is 0 Å². The molecule has 0 unspecified atom stereocenters. The topological polar surface area (TPSA) is 12.0 Å². The molecule has 0 radical (unpaired) electrons. The lowest BCUT2D eigenvalue weighted by Gasteiger charge is -2.07. The van der Waals surface area contributed by atoms with Crippen LogP contribution in [0.15, 0.2) is 53.9 Å². The molecule has 0 amide bonds. The van der Waals surface area contributed by atoms with Gasteiger partial charge in [-0.25, -0.2) is 0 Å². The Morgan fingerprint density at radius 1 is 1.05 bits per heavy atom. The highest BCUT2D eigenvalue weighted by Crippen LogP contribution is 2.32. The van der Waals surface area contributed by atoms with Crippen LogP contribution in [0.2, 0.25) is 0 Å². The zero-order valence-corrected chi connectivity index (χ0v) is 12.5. The molecular weight excluding hydrogens is 262 g/mol. The van der Waals surface area contributed by atoms with Gasteiger partial charge in [-0.15, -0.1) is 11.3 Å². The Morgan fingerprint density at radius 3 is 2.85 bits per heavy atom. The van der Waals surface area contributed by atoms with E-state index < -0.39 is 0 Å². The average molecular weight is 281 g/mol. The van der Waals surface area contributed by atoms with E-state index >= 15 is 0 Å². The number of thiophene rings is 1. The maximum Gasteiger partial charge on any atom is 0.0421 e. The van der Waals surface area contributed by atoms with Crippen LogP contribution in [0.25, 0.3) is 21.2 Å². The van der Waals surface area contributed by atoms with Crippen molar-refractivity contribution in [3.8, 4) is 11.1 Å². The van der Waals surface area contributed by atoms with E-state index in [1.807, 2.05) is 11.3 Å². The van der Waals surface area contributed by atoms with Gasteiger partial charge in [0.2, 0.25) is 0 Å². The molecule has 1 heterocycles. The van der Waals surface area contributed by atoms with Crippen LogP contribution in [0.4, 0.5) is 0 Å². The summed E-state index contributed by atoms with van der Waals surface area (Å²) in [5, 5.41) is 6.97. The van der Waals surface area contributed by atoms with E-state index in [0.29, 0.717) is 0 Å². The molecule has 0 spiro atoms. The first-order valence-electron chi connectivity index (χ1n) is 7.14. The Bertz CT molecular complexity index is 699. The van der Waals surface area contributed by atoms with Crippen molar-refractivity contribution in [2.75, 3.05) is 6.54 Å². The summed E-state index contributed by atoms with van der Waals surface area (Å²) >= 11 is 1.82. The van der Waals surface area contributed by atoms with Crippen molar-refractivity contribution in [2.24, 2.45) is 0 Å². The van der Waals surface area contributed by atoms with Crippen molar-refractivity contribution >= 4 is 21.4 Å². The Morgan fingerprint density at radius 2 is 1.95 bits per heavy atom. The van der Waals surface area contributed by atoms with Gasteiger partial charge in [0.15, 0.2) is 0 Å². The van der Waals surface area contributed by atoms with E-state index in [0.717, 1.165) is 13.1 Å². The standard InChI is InChI=1S/C18H19NS/c1-2-10-19-13-14-5-3-7-16(12-14)17-8-4-6-15-9-11-20-18(15)17/h3-9,11-12,19H,2,10,13H2,1H3. The van der Waals surface area contributed by atoms with E-state index in [4.69, 9.17) is 0 Å². The summed E-state index contributed by atoms with van der Waals surface area (Å²) in [6.45, 7) is 4.22. The normalized spacial score (nSPS) is 11.1. The van der Waals surface area contributed by atoms with Crippen molar-refractivity contribution in [1.82, 2.24) is 5.32 Å². The second-order valence-electron chi connectivity index (χ2n) is 5.02. The van der Waals surface area contributed by atoms with Gasteiger partial charge in [0.25, 0.3) is 0 Å². The molecule has 0 fully saturated rings. The Balaban J connectivity index is 1.93. The molecule has 102 valence electrons. The van der Waals surface area contributed by atoms with Gasteiger partial charge >= 0.3 is 0 Å². The fourth-order valence-electron chi connectivity index (χ4n) is 2.48. The molecule has 1 nitrogen and oxygen atoms in total. The average Bonchev–Trinajstić information content (AvgIpc) is 2.96. The highest BCUT2D eigenvalue weighted by molar-refractivity contribution is 7.17. The molecule has 20 heavy (non-hydrogen) atoms. The summed E-state index contributed by atoms with van der Waals surface area (Å²) in [6.07, 6.45) is 1.17. The predicted molar refractivity (Wildman–Crippen MR) is 89.3 cm³/mol. The molecule has 0 saturated carbocycles. The molecule has 0 atom stereocenters. The third-order valence-electron chi connectivity index (χ3n) is 3.47. The lowest BCUT2D eigenvalue weighted by molar-refractivity contribution is 0.675. The summed E-state index contributed by atoms with van der Waals surface area (Å²) in [6, 6.07) is 17.6. The summed E-state index contributed by atoms with van der Waals surface area (Å²) in [7, 11) is 0. The van der Waals surface area contributed by atoms with Crippen LogP contribution in [0.1, 0.15) is 18.9 Å². The Labute approximate surface area is 124 Å². The number of rotatable bonds is 5. The summed E-state index contributed by atoms with van der Waals surface area (Å²) in [5.74, 6) is 0. The maximum atomic E-state index is 3.46. The molecule has 3 rings (SSSR count). The monoisotopic (exact) mass is 281 g/mol. The van der Waals surface area contributed by atoms with Crippen molar-refractivity contribution in [1.29, 1.82) is 0 Å². The Kier molecular flexibility index (Phi) is 4.14. The zero-order valence-electron chi connectivity index (χ0n) is 11.7. The number of fused-ring (bicyclic) bond motifs is 1. The van der Waals surface area contributed by atoms with Crippen LogP contribution in [-0.4, -0.2) is 6.54 Å². The third kappa shape index (κ3) is 2.77. The fourth-order valence-corrected chi connectivity index (χ4v) is 3.41. The molecule has 0 aliphatic rings. The SMILES string of the molecule is CCCNCc1cccc(-c2cccc3ccsc23)c1. The van der Waals surface area contributed by atoms with E-state index in [1.54, 1.807) is 0 Å². The van der Waals surface area contributed by atoms with E-state index in [9.17, 15) is 0 Å². The quantitative estimate of drug-likeness (QED) is 0.644. The first-order chi connectivity index (χ1) is 9.88. The van der Waals surface area contributed by atoms with Gasteiger partial charge in [-0.2, -0.15) is 0 Å². The van der Waals surface area contributed by atoms with Gasteiger partial charge in [0.05, 0.1) is 0 Å². The zero-order chi connectivity index (χ0) is 13.8. The second kappa shape index (κ2) is 6.21. The number of hydrogen-bond donors (Lipinski definition) is 1. The van der Waals surface area contributed by atoms with Crippen LogP contribution in [0.3, 0.4) is 0 Å². The largest absolute Gasteiger partial charge is 0.313 e. The summed E-state index contributed by atoms with van der Waals surface area (Å²) in [4.78, 5) is 0. The first kappa shape index (κ1) is 13.3. The van der Waals surface area contributed by atoms with Gasteiger partial charge in [0, 0.05) is 11.2 Å². The van der Waals surface area contributed by atoms with Crippen LogP contribution >= 0.6 is 11.3 Å². The summed E-state index contributed by atoms with van der Waals surface area (Å²) < 4.78 is 1.38. The maximum absolute atomic E-state index is 3.46. The van der Waals surface area contributed by atoms with Crippen LogP contribution in [0, 0.1) is 0 Å². The van der Waals surface area contributed by atoms with Crippen molar-refractivity contribution in [2.45, 2.75) is 19.9 Å². The molecule has 3 aromatic rings. The van der Waals surface area contributed by atoms with Gasteiger partial charge in [-0.1, -0.05) is 43.3 Å². The molecule has 1 N–H and O–H groups in total. The lowest BCUT2D eigenvalue weighted by atomic mass is 10.0. The summed E-state index contributed by atoms with van der Waals surface area (Å²) in [5.41, 5.74) is 4.01. The fraction of sp³-hybridized carbons (Fsp3) is 0.222. The van der Waals surface area contributed by atoms with Crippen molar-refractivity contribution < 1.29 is 0 Å². The van der Waals surface area contributed by atoms with Crippen molar-refractivity contribution in [3.05, 3.63) is 59.5 Å². The minimum absolute atomic E-state index is 0.947. The highest BCUT2D eigenvalue weighted by atomic mass is 32.1. The van der Waals surface area contributed by atoms with E-state index in [1.165, 1.54) is 33.2 Å². The molecule has 2 heteroatoms. The number of hydrogen-bond acceptors (Lipinski definition) is 2. The van der Waals surface area contributed by atoms with Gasteiger partial charge in [-0.05, 0) is 52.6 Å². The molecule has 0 aliphatic heterocycles. The Hall–Kier alpha value is -1.64. The highest BCUT2D eigenvalue weighted by Gasteiger charge is 2.05. The smallest absolute Gasteiger partial charge is 0.0421 e. The predicted octanol–water partition coefficient (Wildman–Crippen LogP) is 5.07. The minimum Gasteiger partial charge on any atom is -0.313 e. The first-order valence-corrected chi connectivity index (χ1v) is 8.02. The van der Waals surface area contributed by atoms with E-state index in [2.05, 4.69) is 66.2 Å². The molecule has 1 aromatic heterocycles. The number of benzene rings is 2. The molecule has 0 saturated heterocycles. The third-order valence-corrected chi connectivity index (χ3v) is 4.44. The second-order valence-corrected chi connectivity index (χ2v) is 5.94. The molecule has 2 aromatic carbocycles. The van der Waals surface area contributed by atoms with Crippen molar-refractivity contribution in [3.63, 3.8) is 0 Å². The molecular formula is C18H19NS. The number of nitrogens with one attached hydrogen (secondary N) is 1. The van der Waals surface area contributed by atoms with Crippen LogP contribution in [0.5, 0.6) is 0 Å².